The molecule has 1 aliphatic heterocycles. The van der Waals surface area contributed by atoms with E-state index >= 15 is 0 Å². The van der Waals surface area contributed by atoms with Crippen LogP contribution in [0.3, 0.4) is 0 Å². The van der Waals surface area contributed by atoms with E-state index in [4.69, 9.17) is 0 Å². The second kappa shape index (κ2) is 6.03. The number of benzene rings is 1. The molecule has 1 aromatic rings. The van der Waals surface area contributed by atoms with Gasteiger partial charge in [-0.3, -0.25) is 4.90 Å². The monoisotopic (exact) mass is 282 g/mol. The molecule has 1 unspecified atom stereocenters. The Balaban J connectivity index is 2.04. The Morgan fingerprint density at radius 1 is 1.37 bits per heavy atom. The fraction of sp³-hybridized carbons (Fsp3) is 0.571. The van der Waals surface area contributed by atoms with Crippen LogP contribution < -0.4 is 4.72 Å². The molecule has 4 nitrogen and oxygen atoms in total. The largest absolute Gasteiger partial charge is 0.299 e. The van der Waals surface area contributed by atoms with Crippen LogP contribution in [0.2, 0.25) is 0 Å². The zero-order valence-corrected chi connectivity index (χ0v) is 12.4. The van der Waals surface area contributed by atoms with Gasteiger partial charge < -0.3 is 0 Å². The summed E-state index contributed by atoms with van der Waals surface area (Å²) in [6.07, 6.45) is 2.23. The van der Waals surface area contributed by atoms with Crippen LogP contribution in [-0.4, -0.2) is 39.0 Å². The molecule has 0 spiro atoms. The van der Waals surface area contributed by atoms with E-state index in [-0.39, 0.29) is 0 Å². The van der Waals surface area contributed by atoms with E-state index in [2.05, 4.69) is 16.5 Å². The summed E-state index contributed by atoms with van der Waals surface area (Å²) < 4.78 is 27.3. The Kier molecular flexibility index (Phi) is 4.60. The van der Waals surface area contributed by atoms with Gasteiger partial charge in [-0.1, -0.05) is 25.1 Å². The van der Waals surface area contributed by atoms with Crippen molar-refractivity contribution < 1.29 is 8.42 Å². The fourth-order valence-electron chi connectivity index (χ4n) is 2.68. The van der Waals surface area contributed by atoms with Crippen molar-refractivity contribution in [3.8, 4) is 0 Å². The molecule has 1 saturated heterocycles. The zero-order chi connectivity index (χ0) is 13.9. The van der Waals surface area contributed by atoms with Gasteiger partial charge in [-0.15, -0.1) is 0 Å². The Morgan fingerprint density at radius 3 is 2.79 bits per heavy atom. The maximum Gasteiger partial charge on any atom is 0.240 e. The smallest absolute Gasteiger partial charge is 0.240 e. The lowest BCUT2D eigenvalue weighted by Gasteiger charge is -2.23. The van der Waals surface area contributed by atoms with Crippen molar-refractivity contribution >= 4 is 10.0 Å². The molecule has 0 bridgehead atoms. The molecule has 19 heavy (non-hydrogen) atoms. The minimum atomic E-state index is -3.39. The average Bonchev–Trinajstić information content (AvgIpc) is 2.84. The molecule has 1 heterocycles. The minimum absolute atomic E-state index is 0.337. The number of rotatable bonds is 5. The molecule has 1 atom stereocenters. The van der Waals surface area contributed by atoms with Crippen molar-refractivity contribution in [1.82, 2.24) is 9.62 Å². The Hall–Kier alpha value is -0.910. The lowest BCUT2D eigenvalue weighted by atomic mass is 10.2. The van der Waals surface area contributed by atoms with Crippen LogP contribution in [0.1, 0.15) is 25.3 Å². The highest BCUT2D eigenvalue weighted by molar-refractivity contribution is 7.89. The van der Waals surface area contributed by atoms with E-state index in [1.54, 1.807) is 12.1 Å². The van der Waals surface area contributed by atoms with Crippen molar-refractivity contribution in [3.05, 3.63) is 29.8 Å². The fourth-order valence-corrected chi connectivity index (χ4v) is 4.00. The second-order valence-electron chi connectivity index (χ2n) is 5.04. The molecule has 0 saturated carbocycles. The summed E-state index contributed by atoms with van der Waals surface area (Å²) in [5.74, 6) is 0. The van der Waals surface area contributed by atoms with Crippen LogP contribution in [-0.2, 0) is 10.0 Å². The number of hydrogen-bond donors (Lipinski definition) is 1. The predicted molar refractivity (Wildman–Crippen MR) is 76.6 cm³/mol. The molecule has 1 N–H and O–H groups in total. The zero-order valence-electron chi connectivity index (χ0n) is 11.6. The summed E-state index contributed by atoms with van der Waals surface area (Å²) in [4.78, 5) is 2.72. The quantitative estimate of drug-likeness (QED) is 0.895. The highest BCUT2D eigenvalue weighted by atomic mass is 32.2. The minimum Gasteiger partial charge on any atom is -0.299 e. The van der Waals surface area contributed by atoms with Gasteiger partial charge in [0.2, 0.25) is 10.0 Å². The maximum atomic E-state index is 12.3. The first-order chi connectivity index (χ1) is 9.04. The van der Waals surface area contributed by atoms with Crippen LogP contribution in [0.5, 0.6) is 0 Å². The van der Waals surface area contributed by atoms with Gasteiger partial charge in [-0.25, -0.2) is 13.1 Å². The van der Waals surface area contributed by atoms with Crippen LogP contribution in [0.25, 0.3) is 0 Å². The Bertz CT molecular complexity index is 528. The highest BCUT2D eigenvalue weighted by Crippen LogP contribution is 2.18. The molecule has 0 radical (unpaired) electrons. The van der Waals surface area contributed by atoms with Crippen molar-refractivity contribution in [2.45, 2.75) is 37.6 Å². The summed E-state index contributed by atoms with van der Waals surface area (Å²) in [6, 6.07) is 7.43. The van der Waals surface area contributed by atoms with E-state index in [9.17, 15) is 8.42 Å². The number of hydrogen-bond acceptors (Lipinski definition) is 3. The Morgan fingerprint density at radius 2 is 2.11 bits per heavy atom. The molecular weight excluding hydrogens is 260 g/mol. The van der Waals surface area contributed by atoms with E-state index in [0.29, 0.717) is 17.5 Å². The van der Waals surface area contributed by atoms with Gasteiger partial charge in [0, 0.05) is 12.6 Å². The average molecular weight is 282 g/mol. The third-order valence-corrected chi connectivity index (χ3v) is 5.38. The molecule has 0 aromatic heterocycles. The first-order valence-electron chi connectivity index (χ1n) is 6.84. The Labute approximate surface area is 115 Å². The van der Waals surface area contributed by atoms with Gasteiger partial charge in [-0.2, -0.15) is 0 Å². The highest BCUT2D eigenvalue weighted by Gasteiger charge is 2.25. The van der Waals surface area contributed by atoms with Gasteiger partial charge >= 0.3 is 0 Å². The number of likely N-dealkylation sites (tertiary alicyclic amines) is 1. The summed E-state index contributed by atoms with van der Waals surface area (Å²) in [6.45, 7) is 6.51. The molecule has 0 amide bonds. The van der Waals surface area contributed by atoms with Crippen molar-refractivity contribution in [3.63, 3.8) is 0 Å². The van der Waals surface area contributed by atoms with E-state index in [0.717, 1.165) is 31.5 Å². The van der Waals surface area contributed by atoms with Gasteiger partial charge in [0.1, 0.15) is 0 Å². The lowest BCUT2D eigenvalue weighted by molar-refractivity contribution is 0.268. The van der Waals surface area contributed by atoms with Crippen molar-refractivity contribution in [1.29, 1.82) is 0 Å². The van der Waals surface area contributed by atoms with Crippen molar-refractivity contribution in [2.24, 2.45) is 0 Å². The van der Waals surface area contributed by atoms with Crippen molar-refractivity contribution in [2.75, 3.05) is 19.6 Å². The van der Waals surface area contributed by atoms with E-state index in [1.165, 1.54) is 0 Å². The summed E-state index contributed by atoms with van der Waals surface area (Å²) in [7, 11) is -3.39. The number of aryl methyl sites for hydroxylation is 1. The van der Waals surface area contributed by atoms with Crippen LogP contribution in [0, 0.1) is 6.92 Å². The molecule has 106 valence electrons. The molecule has 5 heteroatoms. The SMILES string of the molecule is CCN1CCCC1CNS(=O)(=O)c1ccccc1C. The number of likely N-dealkylation sites (N-methyl/N-ethyl adjacent to an activating group) is 1. The lowest BCUT2D eigenvalue weighted by Crippen LogP contribution is -2.40. The maximum absolute atomic E-state index is 12.3. The van der Waals surface area contributed by atoms with Crippen LogP contribution in [0.15, 0.2) is 29.2 Å². The summed E-state index contributed by atoms with van der Waals surface area (Å²) >= 11 is 0. The van der Waals surface area contributed by atoms with E-state index in [1.807, 2.05) is 19.1 Å². The molecule has 1 aromatic carbocycles. The first-order valence-corrected chi connectivity index (χ1v) is 8.32. The molecule has 0 aliphatic carbocycles. The summed E-state index contributed by atoms with van der Waals surface area (Å²) in [5.41, 5.74) is 0.786. The molecular formula is C14H22N2O2S. The van der Waals surface area contributed by atoms with Gasteiger partial charge in [0.15, 0.2) is 0 Å². The normalized spacial score (nSPS) is 20.8. The number of nitrogens with zero attached hydrogens (tertiary/aromatic N) is 1. The third-order valence-electron chi connectivity index (χ3n) is 3.80. The van der Waals surface area contributed by atoms with E-state index < -0.39 is 10.0 Å². The van der Waals surface area contributed by atoms with Crippen LogP contribution >= 0.6 is 0 Å². The predicted octanol–water partition coefficient (Wildman–Crippen LogP) is 1.76. The third kappa shape index (κ3) is 3.35. The molecule has 1 aliphatic rings. The number of nitrogens with one attached hydrogen (secondary N) is 1. The van der Waals surface area contributed by atoms with Crippen LogP contribution in [0.4, 0.5) is 0 Å². The standard InChI is InChI=1S/C14H22N2O2S/c1-3-16-10-6-8-13(16)11-15-19(17,18)14-9-5-4-7-12(14)2/h4-5,7,9,13,15H,3,6,8,10-11H2,1-2H3. The van der Waals surface area contributed by atoms with Gasteiger partial charge in [0.05, 0.1) is 4.90 Å². The first kappa shape index (κ1) is 14.5. The molecule has 2 rings (SSSR count). The number of sulfonamides is 1. The summed E-state index contributed by atoms with van der Waals surface area (Å²) in [5, 5.41) is 0. The molecule has 1 fully saturated rings. The second-order valence-corrected chi connectivity index (χ2v) is 6.78. The van der Waals surface area contributed by atoms with Gasteiger partial charge in [-0.05, 0) is 44.5 Å². The van der Waals surface area contributed by atoms with Gasteiger partial charge in [0.25, 0.3) is 0 Å². The topological polar surface area (TPSA) is 49.4 Å².